The van der Waals surface area contributed by atoms with Crippen molar-refractivity contribution in [3.8, 4) is 0 Å². The van der Waals surface area contributed by atoms with Gasteiger partial charge in [0.15, 0.2) is 0 Å². The van der Waals surface area contributed by atoms with Gasteiger partial charge in [-0.3, -0.25) is 0 Å². The Morgan fingerprint density at radius 2 is 1.67 bits per heavy atom. The first kappa shape index (κ1) is 12.5. The van der Waals surface area contributed by atoms with Gasteiger partial charge in [0, 0.05) is 24.8 Å². The van der Waals surface area contributed by atoms with Gasteiger partial charge in [-0.05, 0) is 19.1 Å². The molecule has 0 amide bonds. The molecule has 1 aromatic rings. The molecule has 15 heavy (non-hydrogen) atoms. The van der Waals surface area contributed by atoms with Crippen LogP contribution < -0.4 is 0 Å². The van der Waals surface area contributed by atoms with Crippen molar-refractivity contribution in [1.29, 1.82) is 0 Å². The molecule has 0 radical (unpaired) electrons. The summed E-state index contributed by atoms with van der Waals surface area (Å²) in [5, 5.41) is 10.3. The van der Waals surface area contributed by atoms with E-state index in [0.29, 0.717) is 5.02 Å². The van der Waals surface area contributed by atoms with E-state index in [9.17, 15) is 5.11 Å². The highest BCUT2D eigenvalue weighted by Crippen LogP contribution is 2.30. The number of ether oxygens (including phenoxy) is 2. The molecule has 3 nitrogen and oxygen atoms in total. The lowest BCUT2D eigenvalue weighted by molar-refractivity contribution is -0.264. The number of benzene rings is 1. The zero-order chi connectivity index (χ0) is 11.5. The first-order chi connectivity index (χ1) is 7.06. The lowest BCUT2D eigenvalue weighted by Gasteiger charge is -2.33. The van der Waals surface area contributed by atoms with Crippen LogP contribution in [0.5, 0.6) is 0 Å². The summed E-state index contributed by atoms with van der Waals surface area (Å²) in [6, 6.07) is 6.99. The van der Waals surface area contributed by atoms with E-state index >= 15 is 0 Å². The predicted octanol–water partition coefficient (Wildman–Crippen LogP) is 2.17. The summed E-state index contributed by atoms with van der Waals surface area (Å²) in [6.07, 6.45) is -0.784. The number of aliphatic hydroxyl groups excluding tert-OH is 1. The summed E-state index contributed by atoms with van der Waals surface area (Å²) >= 11 is 5.78. The van der Waals surface area contributed by atoms with Crippen LogP contribution in [0.2, 0.25) is 5.02 Å². The third-order valence-corrected chi connectivity index (χ3v) is 2.66. The maximum absolute atomic E-state index is 9.70. The van der Waals surface area contributed by atoms with E-state index in [2.05, 4.69) is 0 Å². The minimum Gasteiger partial charge on any atom is -0.387 e. The molecule has 1 atom stereocenters. The molecule has 0 aliphatic rings. The fourth-order valence-electron chi connectivity index (χ4n) is 1.58. The zero-order valence-electron chi connectivity index (χ0n) is 9.03. The van der Waals surface area contributed by atoms with Gasteiger partial charge in [0.05, 0.1) is 0 Å². The van der Waals surface area contributed by atoms with Crippen LogP contribution >= 0.6 is 11.6 Å². The number of rotatable bonds is 4. The predicted molar refractivity (Wildman–Crippen MR) is 58.8 cm³/mol. The van der Waals surface area contributed by atoms with Crippen LogP contribution in [0.4, 0.5) is 0 Å². The Bertz CT molecular complexity index is 304. The molecule has 0 heterocycles. The third kappa shape index (κ3) is 2.32. The molecule has 0 spiro atoms. The molecule has 4 heteroatoms. The van der Waals surface area contributed by atoms with Gasteiger partial charge in [-0.1, -0.05) is 23.7 Å². The second-order valence-electron chi connectivity index (χ2n) is 3.26. The maximum atomic E-state index is 9.70. The van der Waals surface area contributed by atoms with Gasteiger partial charge in [0.25, 0.3) is 0 Å². The summed E-state index contributed by atoms with van der Waals surface area (Å²) in [7, 11) is 2.98. The fourth-order valence-corrected chi connectivity index (χ4v) is 1.71. The summed E-state index contributed by atoms with van der Waals surface area (Å²) in [6.45, 7) is 1.61. The van der Waals surface area contributed by atoms with E-state index in [0.717, 1.165) is 5.56 Å². The van der Waals surface area contributed by atoms with Gasteiger partial charge in [-0.25, -0.2) is 0 Å². The van der Waals surface area contributed by atoms with Crippen molar-refractivity contribution in [1.82, 2.24) is 0 Å². The van der Waals surface area contributed by atoms with Crippen LogP contribution in [-0.2, 0) is 15.3 Å². The number of aliphatic hydroxyl groups is 1. The molecule has 0 aliphatic heterocycles. The molecule has 0 aromatic heterocycles. The summed E-state index contributed by atoms with van der Waals surface area (Å²) in [5.41, 5.74) is 0.729. The van der Waals surface area contributed by atoms with Crippen LogP contribution in [0.1, 0.15) is 12.5 Å². The minimum atomic E-state index is -1.13. The Hall–Kier alpha value is -0.610. The molecular weight excluding hydrogens is 216 g/mol. The normalized spacial score (nSPS) is 13.9. The van der Waals surface area contributed by atoms with E-state index in [1.165, 1.54) is 14.2 Å². The number of halogens is 1. The molecular formula is C11H15ClO3. The van der Waals surface area contributed by atoms with Crippen molar-refractivity contribution in [3.05, 3.63) is 34.9 Å². The molecule has 1 unspecified atom stereocenters. The summed E-state index contributed by atoms with van der Waals surface area (Å²) in [4.78, 5) is 0. The number of methoxy groups -OCH3 is 2. The van der Waals surface area contributed by atoms with Crippen LogP contribution in [0.25, 0.3) is 0 Å². The van der Waals surface area contributed by atoms with Crippen molar-refractivity contribution in [2.24, 2.45) is 0 Å². The molecule has 1 rings (SSSR count). The third-order valence-electron chi connectivity index (χ3n) is 2.40. The van der Waals surface area contributed by atoms with Gasteiger partial charge < -0.3 is 14.6 Å². The van der Waals surface area contributed by atoms with Gasteiger partial charge in [0.2, 0.25) is 5.79 Å². The molecule has 0 bridgehead atoms. The van der Waals surface area contributed by atoms with Gasteiger partial charge in [-0.2, -0.15) is 0 Å². The van der Waals surface area contributed by atoms with Gasteiger partial charge >= 0.3 is 0 Å². The first-order valence-corrected chi connectivity index (χ1v) is 4.99. The largest absolute Gasteiger partial charge is 0.387 e. The molecule has 0 saturated carbocycles. The Balaban J connectivity index is 3.14. The van der Waals surface area contributed by atoms with Crippen LogP contribution in [0.3, 0.4) is 0 Å². The van der Waals surface area contributed by atoms with E-state index in [-0.39, 0.29) is 0 Å². The topological polar surface area (TPSA) is 38.7 Å². The Morgan fingerprint density at radius 1 is 1.20 bits per heavy atom. The minimum absolute atomic E-state index is 0.630. The highest BCUT2D eigenvalue weighted by molar-refractivity contribution is 6.30. The Kier molecular flexibility index (Phi) is 4.11. The highest BCUT2D eigenvalue weighted by Gasteiger charge is 2.37. The van der Waals surface area contributed by atoms with E-state index in [1.54, 1.807) is 31.2 Å². The average molecular weight is 231 g/mol. The van der Waals surface area contributed by atoms with Crippen molar-refractivity contribution in [2.45, 2.75) is 18.8 Å². The van der Waals surface area contributed by atoms with Crippen LogP contribution in [0.15, 0.2) is 24.3 Å². The molecule has 0 fully saturated rings. The van der Waals surface area contributed by atoms with Crippen molar-refractivity contribution in [3.63, 3.8) is 0 Å². The Labute approximate surface area is 94.6 Å². The lowest BCUT2D eigenvalue weighted by Crippen LogP contribution is -2.41. The van der Waals surface area contributed by atoms with Crippen molar-refractivity contribution < 1.29 is 14.6 Å². The standard InChI is InChI=1S/C11H15ClO3/c1-8(13)11(14-2,15-3)9-4-6-10(12)7-5-9/h4-8,13H,1-3H3. The smallest absolute Gasteiger partial charge is 0.221 e. The van der Waals surface area contributed by atoms with Gasteiger partial charge in [-0.15, -0.1) is 0 Å². The number of hydrogen-bond acceptors (Lipinski definition) is 3. The van der Waals surface area contributed by atoms with E-state index in [4.69, 9.17) is 21.1 Å². The lowest BCUT2D eigenvalue weighted by atomic mass is 10.0. The number of hydrogen-bond donors (Lipinski definition) is 1. The monoisotopic (exact) mass is 230 g/mol. The molecule has 1 aromatic carbocycles. The van der Waals surface area contributed by atoms with Crippen LogP contribution in [-0.4, -0.2) is 25.4 Å². The van der Waals surface area contributed by atoms with Crippen molar-refractivity contribution >= 4 is 11.6 Å². The molecule has 0 saturated heterocycles. The second-order valence-corrected chi connectivity index (χ2v) is 3.70. The first-order valence-electron chi connectivity index (χ1n) is 4.61. The zero-order valence-corrected chi connectivity index (χ0v) is 9.78. The fraction of sp³-hybridized carbons (Fsp3) is 0.455. The van der Waals surface area contributed by atoms with E-state index in [1.807, 2.05) is 0 Å². The van der Waals surface area contributed by atoms with E-state index < -0.39 is 11.9 Å². The molecule has 0 aliphatic carbocycles. The second kappa shape index (κ2) is 4.94. The molecule has 1 N–H and O–H groups in total. The van der Waals surface area contributed by atoms with Gasteiger partial charge in [0.1, 0.15) is 6.10 Å². The maximum Gasteiger partial charge on any atom is 0.221 e. The highest BCUT2D eigenvalue weighted by atomic mass is 35.5. The Morgan fingerprint density at radius 3 is 2.00 bits per heavy atom. The quantitative estimate of drug-likeness (QED) is 0.806. The summed E-state index contributed by atoms with van der Waals surface area (Å²) < 4.78 is 10.5. The SMILES string of the molecule is COC(OC)(c1ccc(Cl)cc1)C(C)O. The summed E-state index contributed by atoms with van der Waals surface area (Å²) in [5.74, 6) is -1.13. The molecule has 84 valence electrons. The van der Waals surface area contributed by atoms with Crippen LogP contribution in [0, 0.1) is 0 Å². The average Bonchev–Trinajstić information content (AvgIpc) is 2.22. The van der Waals surface area contributed by atoms with Crippen molar-refractivity contribution in [2.75, 3.05) is 14.2 Å².